The van der Waals surface area contributed by atoms with Crippen molar-refractivity contribution in [3.63, 3.8) is 0 Å². The molecule has 1 unspecified atom stereocenters. The van der Waals surface area contributed by atoms with E-state index in [9.17, 15) is 22.8 Å². The Morgan fingerprint density at radius 1 is 1.57 bits per heavy atom. The fraction of sp³-hybridized carbons (Fsp3) is 0.714. The highest BCUT2D eigenvalue weighted by Gasteiger charge is 2.42. The van der Waals surface area contributed by atoms with Gasteiger partial charge in [0.15, 0.2) is 0 Å². The highest BCUT2D eigenvalue weighted by Crippen LogP contribution is 2.19. The lowest BCUT2D eigenvalue weighted by Gasteiger charge is -2.08. The lowest BCUT2D eigenvalue weighted by atomic mass is 10.1. The number of hydrogen-bond acceptors (Lipinski definition) is 4. The van der Waals surface area contributed by atoms with Crippen molar-refractivity contribution in [2.45, 2.75) is 12.6 Å². The number of halogens is 3. The molecule has 1 aliphatic heterocycles. The predicted octanol–water partition coefficient (Wildman–Crippen LogP) is 0.655. The molecule has 0 aromatic heterocycles. The van der Waals surface area contributed by atoms with Crippen LogP contribution < -0.4 is 0 Å². The van der Waals surface area contributed by atoms with E-state index in [1.165, 1.54) is 0 Å². The zero-order valence-electron chi connectivity index (χ0n) is 6.97. The van der Waals surface area contributed by atoms with Gasteiger partial charge in [-0.05, 0) is 6.42 Å². The first kappa shape index (κ1) is 10.8. The maximum absolute atomic E-state index is 11.6. The molecule has 1 saturated heterocycles. The first-order valence-electron chi connectivity index (χ1n) is 3.82. The maximum atomic E-state index is 11.6. The summed E-state index contributed by atoms with van der Waals surface area (Å²) in [6.07, 6.45) is -4.73. The predicted molar refractivity (Wildman–Crippen MR) is 36.1 cm³/mol. The van der Waals surface area contributed by atoms with Crippen molar-refractivity contribution in [1.82, 2.24) is 0 Å². The van der Waals surface area contributed by atoms with Gasteiger partial charge in [-0.1, -0.05) is 0 Å². The summed E-state index contributed by atoms with van der Waals surface area (Å²) in [7, 11) is 0. The zero-order valence-corrected chi connectivity index (χ0v) is 6.97. The van der Waals surface area contributed by atoms with Crippen LogP contribution in [0.1, 0.15) is 6.42 Å². The molecular formula is C7H7F3O4. The minimum absolute atomic E-state index is 0.160. The van der Waals surface area contributed by atoms with Crippen LogP contribution in [-0.4, -0.2) is 31.3 Å². The van der Waals surface area contributed by atoms with Crippen LogP contribution in [-0.2, 0) is 19.1 Å². The molecule has 1 fully saturated rings. The summed E-state index contributed by atoms with van der Waals surface area (Å²) in [5, 5.41) is 0. The van der Waals surface area contributed by atoms with Crippen LogP contribution in [0, 0.1) is 5.92 Å². The first-order valence-corrected chi connectivity index (χ1v) is 3.82. The van der Waals surface area contributed by atoms with Crippen molar-refractivity contribution in [3.8, 4) is 0 Å². The van der Waals surface area contributed by atoms with Gasteiger partial charge in [-0.3, -0.25) is 4.79 Å². The number of hydrogen-bond donors (Lipinski definition) is 0. The van der Waals surface area contributed by atoms with E-state index in [1.54, 1.807) is 0 Å². The first-order chi connectivity index (χ1) is 6.41. The van der Waals surface area contributed by atoms with Crippen LogP contribution in [0.25, 0.3) is 0 Å². The number of rotatable bonds is 2. The molecule has 0 saturated carbocycles. The number of alkyl halides is 3. The molecule has 4 nitrogen and oxygen atoms in total. The quantitative estimate of drug-likeness (QED) is 0.631. The second-order valence-electron chi connectivity index (χ2n) is 2.75. The molecule has 1 aliphatic rings. The van der Waals surface area contributed by atoms with Gasteiger partial charge in [0.25, 0.3) is 0 Å². The molecule has 0 spiro atoms. The Bertz CT molecular complexity index is 248. The van der Waals surface area contributed by atoms with Crippen molar-refractivity contribution in [2.24, 2.45) is 5.92 Å². The lowest BCUT2D eigenvalue weighted by Crippen LogP contribution is -2.28. The minimum Gasteiger partial charge on any atom is -0.465 e. The van der Waals surface area contributed by atoms with Crippen molar-refractivity contribution in [3.05, 3.63) is 0 Å². The van der Waals surface area contributed by atoms with Crippen LogP contribution >= 0.6 is 0 Å². The fourth-order valence-electron chi connectivity index (χ4n) is 0.947. The van der Waals surface area contributed by atoms with Gasteiger partial charge >= 0.3 is 18.1 Å². The van der Waals surface area contributed by atoms with Crippen molar-refractivity contribution >= 4 is 11.9 Å². The number of esters is 2. The molecule has 0 radical (unpaired) electrons. The van der Waals surface area contributed by atoms with Crippen molar-refractivity contribution < 1.29 is 32.2 Å². The molecule has 0 amide bonds. The number of carbonyl (C=O) groups excluding carboxylic acids is 2. The maximum Gasteiger partial charge on any atom is 0.490 e. The Balaban J connectivity index is 2.34. The fourth-order valence-corrected chi connectivity index (χ4v) is 0.947. The van der Waals surface area contributed by atoms with E-state index in [1.807, 2.05) is 0 Å². The van der Waals surface area contributed by atoms with Gasteiger partial charge in [0.2, 0.25) is 0 Å². The molecule has 0 aromatic carbocycles. The standard InChI is InChI=1S/C7H7F3O4/c8-7(9,10)6(12)14-3-4-1-2-13-5(4)11/h4H,1-3H2. The summed E-state index contributed by atoms with van der Waals surface area (Å²) in [6.45, 7) is -0.412. The topological polar surface area (TPSA) is 52.6 Å². The van der Waals surface area contributed by atoms with Crippen LogP contribution in [0.5, 0.6) is 0 Å². The average molecular weight is 212 g/mol. The van der Waals surface area contributed by atoms with Crippen LogP contribution in [0.15, 0.2) is 0 Å². The van der Waals surface area contributed by atoms with Gasteiger partial charge in [0.05, 0.1) is 12.5 Å². The summed E-state index contributed by atoms with van der Waals surface area (Å²) < 4.78 is 43.3. The van der Waals surface area contributed by atoms with Gasteiger partial charge in [-0.25, -0.2) is 4.79 Å². The smallest absolute Gasteiger partial charge is 0.465 e. The highest BCUT2D eigenvalue weighted by atomic mass is 19.4. The molecule has 1 heterocycles. The van der Waals surface area contributed by atoms with Gasteiger partial charge < -0.3 is 9.47 Å². The van der Waals surface area contributed by atoms with Gasteiger partial charge in [0, 0.05) is 0 Å². The largest absolute Gasteiger partial charge is 0.490 e. The Morgan fingerprint density at radius 2 is 2.21 bits per heavy atom. The second kappa shape index (κ2) is 3.85. The van der Waals surface area contributed by atoms with E-state index in [0.29, 0.717) is 0 Å². The Kier molecular flexibility index (Phi) is 2.97. The molecule has 0 aromatic rings. The summed E-state index contributed by atoms with van der Waals surface area (Å²) in [5.74, 6) is -3.67. The van der Waals surface area contributed by atoms with E-state index in [4.69, 9.17) is 0 Å². The third kappa shape index (κ3) is 2.61. The van der Waals surface area contributed by atoms with Crippen molar-refractivity contribution in [2.75, 3.05) is 13.2 Å². The minimum atomic E-state index is -5.01. The molecule has 80 valence electrons. The molecule has 7 heteroatoms. The third-order valence-electron chi connectivity index (χ3n) is 1.69. The van der Waals surface area contributed by atoms with E-state index < -0.39 is 30.6 Å². The lowest BCUT2D eigenvalue weighted by molar-refractivity contribution is -0.201. The Hall–Kier alpha value is -1.27. The van der Waals surface area contributed by atoms with E-state index in [-0.39, 0.29) is 13.0 Å². The summed E-state index contributed by atoms with van der Waals surface area (Å²) >= 11 is 0. The molecule has 0 aliphatic carbocycles. The summed E-state index contributed by atoms with van der Waals surface area (Å²) in [4.78, 5) is 21.0. The number of carbonyl (C=O) groups is 2. The number of cyclic esters (lactones) is 1. The average Bonchev–Trinajstić information content (AvgIpc) is 2.45. The SMILES string of the molecule is O=C1OCCC1COC(=O)C(F)(F)F. The molecule has 1 atom stereocenters. The highest BCUT2D eigenvalue weighted by molar-refractivity contribution is 5.77. The Morgan fingerprint density at radius 3 is 2.64 bits per heavy atom. The van der Waals surface area contributed by atoms with E-state index >= 15 is 0 Å². The molecule has 0 N–H and O–H groups in total. The normalized spacial score (nSPS) is 21.9. The second-order valence-corrected chi connectivity index (χ2v) is 2.75. The zero-order chi connectivity index (χ0) is 10.8. The molecule has 1 rings (SSSR count). The molecular weight excluding hydrogens is 205 g/mol. The molecule has 14 heavy (non-hydrogen) atoms. The van der Waals surface area contributed by atoms with Gasteiger partial charge in [-0.2, -0.15) is 13.2 Å². The van der Waals surface area contributed by atoms with Gasteiger partial charge in [0.1, 0.15) is 6.61 Å². The monoisotopic (exact) mass is 212 g/mol. The van der Waals surface area contributed by atoms with E-state index in [2.05, 4.69) is 9.47 Å². The van der Waals surface area contributed by atoms with Gasteiger partial charge in [-0.15, -0.1) is 0 Å². The van der Waals surface area contributed by atoms with Crippen LogP contribution in [0.3, 0.4) is 0 Å². The van der Waals surface area contributed by atoms with Crippen LogP contribution in [0.4, 0.5) is 13.2 Å². The summed E-state index contributed by atoms with van der Waals surface area (Å²) in [6, 6.07) is 0. The Labute approximate surface area is 77.0 Å². The summed E-state index contributed by atoms with van der Waals surface area (Å²) in [5.41, 5.74) is 0. The molecule has 0 bridgehead atoms. The van der Waals surface area contributed by atoms with E-state index in [0.717, 1.165) is 0 Å². The van der Waals surface area contributed by atoms with Crippen LogP contribution in [0.2, 0.25) is 0 Å². The van der Waals surface area contributed by atoms with Crippen molar-refractivity contribution in [1.29, 1.82) is 0 Å². The number of ether oxygens (including phenoxy) is 2. The third-order valence-corrected chi connectivity index (χ3v) is 1.69.